The van der Waals surface area contributed by atoms with Crippen LogP contribution in [0.15, 0.2) is 41.8 Å². The molecule has 1 heterocycles. The molecule has 1 aromatic carbocycles. The lowest BCUT2D eigenvalue weighted by Crippen LogP contribution is -2.24. The van der Waals surface area contributed by atoms with Gasteiger partial charge in [-0.1, -0.05) is 18.2 Å². The van der Waals surface area contributed by atoms with Gasteiger partial charge in [-0.3, -0.25) is 4.79 Å². The second kappa shape index (κ2) is 6.95. The van der Waals surface area contributed by atoms with E-state index in [1.54, 1.807) is 11.3 Å². The maximum Gasteiger partial charge on any atom is 0.222 e. The molecule has 0 aliphatic carbocycles. The first-order valence-corrected chi connectivity index (χ1v) is 7.22. The van der Waals surface area contributed by atoms with Crippen LogP contribution in [0.25, 0.3) is 0 Å². The van der Waals surface area contributed by atoms with E-state index in [9.17, 15) is 4.79 Å². The second-order valence-corrected chi connectivity index (χ2v) is 5.35. The lowest BCUT2D eigenvalue weighted by Gasteiger charge is -2.07. The van der Waals surface area contributed by atoms with Gasteiger partial charge in [0.15, 0.2) is 0 Å². The van der Waals surface area contributed by atoms with Gasteiger partial charge >= 0.3 is 0 Å². The highest BCUT2D eigenvalue weighted by Gasteiger charge is 2.03. The SMILES string of the molecule is Cc1ccsc1CNC(=O)CCNc1ccccc1. The van der Waals surface area contributed by atoms with Crippen molar-refractivity contribution < 1.29 is 4.79 Å². The highest BCUT2D eigenvalue weighted by molar-refractivity contribution is 7.10. The maximum atomic E-state index is 11.7. The Hall–Kier alpha value is -1.81. The Balaban J connectivity index is 1.66. The number of benzene rings is 1. The zero-order chi connectivity index (χ0) is 13.5. The number of hydrogen-bond acceptors (Lipinski definition) is 3. The van der Waals surface area contributed by atoms with Crippen molar-refractivity contribution in [1.29, 1.82) is 0 Å². The van der Waals surface area contributed by atoms with Gasteiger partial charge < -0.3 is 10.6 Å². The lowest BCUT2D eigenvalue weighted by atomic mass is 10.3. The van der Waals surface area contributed by atoms with Crippen LogP contribution in [0.1, 0.15) is 16.9 Å². The fourth-order valence-corrected chi connectivity index (χ4v) is 2.57. The van der Waals surface area contributed by atoms with Crippen LogP contribution in [0, 0.1) is 6.92 Å². The molecule has 2 N–H and O–H groups in total. The average Bonchev–Trinajstić information content (AvgIpc) is 2.83. The van der Waals surface area contributed by atoms with Crippen LogP contribution in [-0.4, -0.2) is 12.5 Å². The summed E-state index contributed by atoms with van der Waals surface area (Å²) in [6.45, 7) is 3.35. The minimum absolute atomic E-state index is 0.0798. The Kier molecular flexibility index (Phi) is 4.98. The van der Waals surface area contributed by atoms with Crippen molar-refractivity contribution in [3.05, 3.63) is 52.2 Å². The number of carbonyl (C=O) groups is 1. The van der Waals surface area contributed by atoms with Crippen molar-refractivity contribution in [3.63, 3.8) is 0 Å². The first-order valence-electron chi connectivity index (χ1n) is 6.34. The summed E-state index contributed by atoms with van der Waals surface area (Å²) in [6, 6.07) is 12.0. The molecule has 1 amide bonds. The van der Waals surface area contributed by atoms with E-state index in [1.165, 1.54) is 10.4 Å². The van der Waals surface area contributed by atoms with Gasteiger partial charge in [0, 0.05) is 23.5 Å². The third kappa shape index (κ3) is 4.41. The Bertz CT molecular complexity index is 522. The van der Waals surface area contributed by atoms with Crippen LogP contribution in [0.2, 0.25) is 0 Å². The minimum Gasteiger partial charge on any atom is -0.385 e. The summed E-state index contributed by atoms with van der Waals surface area (Å²) in [5, 5.41) is 8.21. The molecule has 4 heteroatoms. The molecule has 2 aromatic rings. The lowest BCUT2D eigenvalue weighted by molar-refractivity contribution is -0.120. The van der Waals surface area contributed by atoms with Crippen LogP contribution in [0.4, 0.5) is 5.69 Å². The molecule has 0 spiro atoms. The topological polar surface area (TPSA) is 41.1 Å². The van der Waals surface area contributed by atoms with Gasteiger partial charge in [-0.05, 0) is 36.1 Å². The molecule has 0 saturated carbocycles. The van der Waals surface area contributed by atoms with E-state index >= 15 is 0 Å². The molecule has 0 radical (unpaired) electrons. The molecule has 0 fully saturated rings. The van der Waals surface area contributed by atoms with Crippen molar-refractivity contribution in [2.24, 2.45) is 0 Å². The number of anilines is 1. The predicted octanol–water partition coefficient (Wildman–Crippen LogP) is 3.17. The van der Waals surface area contributed by atoms with Gasteiger partial charge in [-0.2, -0.15) is 0 Å². The molecule has 100 valence electrons. The number of para-hydroxylation sites is 1. The van der Waals surface area contributed by atoms with E-state index in [0.29, 0.717) is 19.5 Å². The Morgan fingerprint density at radius 2 is 2.00 bits per heavy atom. The van der Waals surface area contributed by atoms with E-state index in [1.807, 2.05) is 35.7 Å². The number of thiophene rings is 1. The Labute approximate surface area is 117 Å². The van der Waals surface area contributed by atoms with Crippen LogP contribution in [-0.2, 0) is 11.3 Å². The first kappa shape index (κ1) is 13.6. The van der Waals surface area contributed by atoms with Crippen molar-refractivity contribution in [3.8, 4) is 0 Å². The van der Waals surface area contributed by atoms with E-state index in [2.05, 4.69) is 23.6 Å². The predicted molar refractivity (Wildman–Crippen MR) is 80.5 cm³/mol. The van der Waals surface area contributed by atoms with Crippen LogP contribution in [0.5, 0.6) is 0 Å². The smallest absolute Gasteiger partial charge is 0.222 e. The van der Waals surface area contributed by atoms with Gasteiger partial charge in [0.2, 0.25) is 5.91 Å². The molecule has 0 atom stereocenters. The zero-order valence-corrected chi connectivity index (χ0v) is 11.8. The third-order valence-corrected chi connectivity index (χ3v) is 3.89. The normalized spacial score (nSPS) is 10.2. The summed E-state index contributed by atoms with van der Waals surface area (Å²) in [5.74, 6) is 0.0798. The van der Waals surface area contributed by atoms with Crippen molar-refractivity contribution in [1.82, 2.24) is 5.32 Å². The van der Waals surface area contributed by atoms with E-state index in [4.69, 9.17) is 0 Å². The summed E-state index contributed by atoms with van der Waals surface area (Å²) >= 11 is 1.68. The van der Waals surface area contributed by atoms with Crippen molar-refractivity contribution in [2.45, 2.75) is 19.9 Å². The van der Waals surface area contributed by atoms with Crippen molar-refractivity contribution in [2.75, 3.05) is 11.9 Å². The van der Waals surface area contributed by atoms with E-state index in [0.717, 1.165) is 5.69 Å². The van der Waals surface area contributed by atoms with Gasteiger partial charge in [0.1, 0.15) is 0 Å². The number of hydrogen-bond donors (Lipinski definition) is 2. The summed E-state index contributed by atoms with van der Waals surface area (Å²) in [5.41, 5.74) is 2.29. The van der Waals surface area contributed by atoms with Gasteiger partial charge in [0.25, 0.3) is 0 Å². The second-order valence-electron chi connectivity index (χ2n) is 4.35. The standard InChI is InChI=1S/C15H18N2OS/c1-12-8-10-19-14(12)11-17-15(18)7-9-16-13-5-3-2-4-6-13/h2-6,8,10,16H,7,9,11H2,1H3,(H,17,18). The average molecular weight is 274 g/mol. The van der Waals surface area contributed by atoms with Gasteiger partial charge in [-0.15, -0.1) is 11.3 Å². The molecule has 0 aliphatic heterocycles. The molecule has 1 aromatic heterocycles. The number of nitrogens with one attached hydrogen (secondary N) is 2. The summed E-state index contributed by atoms with van der Waals surface area (Å²) in [4.78, 5) is 12.9. The largest absolute Gasteiger partial charge is 0.385 e. The molecule has 0 saturated heterocycles. The molecule has 19 heavy (non-hydrogen) atoms. The maximum absolute atomic E-state index is 11.7. The quantitative estimate of drug-likeness (QED) is 0.849. The number of amides is 1. The number of aryl methyl sites for hydroxylation is 1. The van der Waals surface area contributed by atoms with E-state index < -0.39 is 0 Å². The number of rotatable bonds is 6. The fourth-order valence-electron chi connectivity index (χ4n) is 1.73. The third-order valence-electron chi connectivity index (χ3n) is 2.87. The molecule has 0 bridgehead atoms. The molecule has 0 aliphatic rings. The summed E-state index contributed by atoms with van der Waals surface area (Å²) in [7, 11) is 0. The molecule has 0 unspecified atom stereocenters. The highest BCUT2D eigenvalue weighted by atomic mass is 32.1. The van der Waals surface area contributed by atoms with Gasteiger partial charge in [0.05, 0.1) is 6.54 Å². The summed E-state index contributed by atoms with van der Waals surface area (Å²) in [6.07, 6.45) is 0.485. The van der Waals surface area contributed by atoms with Crippen LogP contribution >= 0.6 is 11.3 Å². The first-order chi connectivity index (χ1) is 9.25. The zero-order valence-electron chi connectivity index (χ0n) is 11.0. The van der Waals surface area contributed by atoms with Crippen LogP contribution < -0.4 is 10.6 Å². The monoisotopic (exact) mass is 274 g/mol. The fraction of sp³-hybridized carbons (Fsp3) is 0.267. The highest BCUT2D eigenvalue weighted by Crippen LogP contribution is 2.14. The minimum atomic E-state index is 0.0798. The number of carbonyl (C=O) groups excluding carboxylic acids is 1. The van der Waals surface area contributed by atoms with Crippen molar-refractivity contribution >= 4 is 22.9 Å². The molecular weight excluding hydrogens is 256 g/mol. The molecule has 3 nitrogen and oxygen atoms in total. The molecule has 2 rings (SSSR count). The van der Waals surface area contributed by atoms with Crippen LogP contribution in [0.3, 0.4) is 0 Å². The summed E-state index contributed by atoms with van der Waals surface area (Å²) < 4.78 is 0. The Morgan fingerprint density at radius 1 is 1.21 bits per heavy atom. The van der Waals surface area contributed by atoms with Gasteiger partial charge in [-0.25, -0.2) is 0 Å². The Morgan fingerprint density at radius 3 is 2.68 bits per heavy atom. The molecular formula is C15H18N2OS. The van der Waals surface area contributed by atoms with E-state index in [-0.39, 0.29) is 5.91 Å².